The maximum Gasteiger partial charge on any atom is 0.179 e. The van der Waals surface area contributed by atoms with Gasteiger partial charge in [0, 0.05) is 6.54 Å². The highest BCUT2D eigenvalue weighted by Gasteiger charge is 2.14. The van der Waals surface area contributed by atoms with Crippen molar-refractivity contribution >= 4 is 11.6 Å². The molecule has 0 heterocycles. The molecular formula is C10H14ClNO3. The van der Waals surface area contributed by atoms with Crippen LogP contribution in [0.2, 0.25) is 5.02 Å². The predicted octanol–water partition coefficient (Wildman–Crippen LogP) is 2.14. The maximum absolute atomic E-state index is 8.66. The molecule has 15 heavy (non-hydrogen) atoms. The molecule has 0 aliphatic rings. The number of benzene rings is 1. The molecule has 0 atom stereocenters. The molecule has 2 N–H and O–H groups in total. The van der Waals surface area contributed by atoms with Gasteiger partial charge in [-0.05, 0) is 24.1 Å². The molecule has 0 amide bonds. The third kappa shape index (κ3) is 2.34. The lowest BCUT2D eigenvalue weighted by Gasteiger charge is -2.14. The van der Waals surface area contributed by atoms with Crippen molar-refractivity contribution in [2.24, 2.45) is 0 Å². The highest BCUT2D eigenvalue weighted by molar-refractivity contribution is 6.33. The first kappa shape index (κ1) is 12.1. The molecule has 1 aromatic rings. The average molecular weight is 232 g/mol. The van der Waals surface area contributed by atoms with Gasteiger partial charge in [0.25, 0.3) is 0 Å². The number of methoxy groups -OCH3 is 2. The van der Waals surface area contributed by atoms with Crippen molar-refractivity contribution in [1.82, 2.24) is 5.48 Å². The quantitative estimate of drug-likeness (QED) is 0.780. The second kappa shape index (κ2) is 5.21. The number of rotatable bonds is 4. The average Bonchev–Trinajstić information content (AvgIpc) is 2.24. The lowest BCUT2D eigenvalue weighted by Crippen LogP contribution is -2.08. The van der Waals surface area contributed by atoms with Crippen LogP contribution >= 0.6 is 11.6 Å². The van der Waals surface area contributed by atoms with Crippen LogP contribution in [0.3, 0.4) is 0 Å². The molecule has 0 aliphatic carbocycles. The van der Waals surface area contributed by atoms with E-state index in [1.165, 1.54) is 7.11 Å². The molecule has 0 unspecified atom stereocenters. The van der Waals surface area contributed by atoms with E-state index in [4.69, 9.17) is 26.3 Å². The number of ether oxygens (including phenoxy) is 2. The van der Waals surface area contributed by atoms with Gasteiger partial charge in [0.2, 0.25) is 0 Å². The third-order valence-corrected chi connectivity index (χ3v) is 2.69. The van der Waals surface area contributed by atoms with Crippen LogP contribution in [0.1, 0.15) is 11.1 Å². The highest BCUT2D eigenvalue weighted by atomic mass is 35.5. The Hall–Kier alpha value is -0.970. The summed E-state index contributed by atoms with van der Waals surface area (Å²) in [6, 6.07) is 1.78. The van der Waals surface area contributed by atoms with E-state index in [0.717, 1.165) is 11.1 Å². The Kier molecular flexibility index (Phi) is 4.20. The topological polar surface area (TPSA) is 50.7 Å². The molecule has 5 heteroatoms. The standard InChI is InChI=1S/C10H14ClNO3/c1-6-7(5-12-13)4-8(14-2)10(15-3)9(6)11/h4,12-13H,5H2,1-3H3. The van der Waals surface area contributed by atoms with Gasteiger partial charge in [-0.25, -0.2) is 5.48 Å². The minimum Gasteiger partial charge on any atom is -0.493 e. The Morgan fingerprint density at radius 1 is 1.40 bits per heavy atom. The largest absolute Gasteiger partial charge is 0.493 e. The van der Waals surface area contributed by atoms with Gasteiger partial charge in [-0.15, -0.1) is 0 Å². The van der Waals surface area contributed by atoms with Gasteiger partial charge in [-0.1, -0.05) is 11.6 Å². The second-order valence-electron chi connectivity index (χ2n) is 3.05. The number of hydrogen-bond donors (Lipinski definition) is 2. The Morgan fingerprint density at radius 3 is 2.53 bits per heavy atom. The second-order valence-corrected chi connectivity index (χ2v) is 3.42. The smallest absolute Gasteiger partial charge is 0.179 e. The van der Waals surface area contributed by atoms with E-state index in [1.54, 1.807) is 13.2 Å². The van der Waals surface area contributed by atoms with Crippen molar-refractivity contribution in [3.8, 4) is 11.5 Å². The lowest BCUT2D eigenvalue weighted by molar-refractivity contribution is 0.161. The van der Waals surface area contributed by atoms with Gasteiger partial charge in [0.15, 0.2) is 11.5 Å². The van der Waals surface area contributed by atoms with E-state index in [-0.39, 0.29) is 0 Å². The summed E-state index contributed by atoms with van der Waals surface area (Å²) in [6.07, 6.45) is 0. The Bertz CT molecular complexity index is 355. The van der Waals surface area contributed by atoms with Gasteiger partial charge < -0.3 is 14.7 Å². The summed E-state index contributed by atoms with van der Waals surface area (Å²) in [6.45, 7) is 2.17. The number of hydrogen-bond acceptors (Lipinski definition) is 4. The molecule has 84 valence electrons. The van der Waals surface area contributed by atoms with Gasteiger partial charge in [0.1, 0.15) is 0 Å². The first-order valence-corrected chi connectivity index (χ1v) is 4.80. The molecule has 0 fully saturated rings. The fourth-order valence-corrected chi connectivity index (χ4v) is 1.65. The first-order chi connectivity index (χ1) is 7.15. The summed E-state index contributed by atoms with van der Waals surface area (Å²) in [5, 5.41) is 9.16. The van der Waals surface area contributed by atoms with Crippen LogP contribution in [0, 0.1) is 6.92 Å². The maximum atomic E-state index is 8.66. The summed E-state index contributed by atoms with van der Waals surface area (Å²) in [7, 11) is 3.08. The van der Waals surface area contributed by atoms with Gasteiger partial charge in [-0.3, -0.25) is 0 Å². The zero-order chi connectivity index (χ0) is 11.4. The zero-order valence-corrected chi connectivity index (χ0v) is 9.68. The fourth-order valence-electron chi connectivity index (χ4n) is 1.36. The van der Waals surface area contributed by atoms with Crippen molar-refractivity contribution in [3.63, 3.8) is 0 Å². The molecule has 1 rings (SSSR count). The van der Waals surface area contributed by atoms with E-state index >= 15 is 0 Å². The van der Waals surface area contributed by atoms with Gasteiger partial charge >= 0.3 is 0 Å². The fraction of sp³-hybridized carbons (Fsp3) is 0.400. The molecule has 4 nitrogen and oxygen atoms in total. The molecule has 0 saturated heterocycles. The summed E-state index contributed by atoms with van der Waals surface area (Å²) < 4.78 is 10.3. The summed E-state index contributed by atoms with van der Waals surface area (Å²) in [4.78, 5) is 0. The van der Waals surface area contributed by atoms with Crippen molar-refractivity contribution in [2.45, 2.75) is 13.5 Å². The van der Waals surface area contributed by atoms with Crippen molar-refractivity contribution in [2.75, 3.05) is 14.2 Å². The van der Waals surface area contributed by atoms with Crippen LogP contribution in [-0.2, 0) is 6.54 Å². The van der Waals surface area contributed by atoms with Crippen LogP contribution in [0.4, 0.5) is 0 Å². The molecule has 0 bridgehead atoms. The lowest BCUT2D eigenvalue weighted by atomic mass is 10.1. The van der Waals surface area contributed by atoms with Crippen molar-refractivity contribution < 1.29 is 14.7 Å². The molecule has 0 saturated carbocycles. The van der Waals surface area contributed by atoms with Crippen LogP contribution in [0.15, 0.2) is 6.07 Å². The number of halogens is 1. The molecule has 0 aliphatic heterocycles. The Labute approximate surface area is 93.7 Å². The van der Waals surface area contributed by atoms with Crippen LogP contribution in [0.25, 0.3) is 0 Å². The molecule has 0 spiro atoms. The van der Waals surface area contributed by atoms with Crippen LogP contribution in [-0.4, -0.2) is 19.4 Å². The SMILES string of the molecule is COc1cc(CNO)c(C)c(Cl)c1OC. The van der Waals surface area contributed by atoms with E-state index in [2.05, 4.69) is 5.48 Å². The Morgan fingerprint density at radius 2 is 2.07 bits per heavy atom. The van der Waals surface area contributed by atoms with Crippen LogP contribution in [0.5, 0.6) is 11.5 Å². The summed E-state index contributed by atoms with van der Waals surface area (Å²) in [5.74, 6) is 1.07. The van der Waals surface area contributed by atoms with E-state index in [1.807, 2.05) is 6.92 Å². The number of hydroxylamine groups is 1. The van der Waals surface area contributed by atoms with Crippen molar-refractivity contribution in [1.29, 1.82) is 0 Å². The molecule has 1 aromatic carbocycles. The minimum absolute atomic E-state index is 0.311. The zero-order valence-electron chi connectivity index (χ0n) is 8.93. The first-order valence-electron chi connectivity index (χ1n) is 4.42. The van der Waals surface area contributed by atoms with Crippen LogP contribution < -0.4 is 15.0 Å². The molecular weight excluding hydrogens is 218 g/mol. The van der Waals surface area contributed by atoms with Gasteiger partial charge in [0.05, 0.1) is 19.2 Å². The molecule has 0 aromatic heterocycles. The minimum atomic E-state index is 0.311. The normalized spacial score (nSPS) is 10.2. The predicted molar refractivity (Wildman–Crippen MR) is 57.9 cm³/mol. The monoisotopic (exact) mass is 231 g/mol. The van der Waals surface area contributed by atoms with Gasteiger partial charge in [-0.2, -0.15) is 0 Å². The van der Waals surface area contributed by atoms with E-state index in [9.17, 15) is 0 Å². The van der Waals surface area contributed by atoms with Crippen molar-refractivity contribution in [3.05, 3.63) is 22.2 Å². The Balaban J connectivity index is 3.29. The summed E-state index contributed by atoms with van der Waals surface area (Å²) >= 11 is 6.10. The highest BCUT2D eigenvalue weighted by Crippen LogP contribution is 2.39. The third-order valence-electron chi connectivity index (χ3n) is 2.23. The van der Waals surface area contributed by atoms with E-state index in [0.29, 0.717) is 23.1 Å². The number of nitrogens with one attached hydrogen (secondary N) is 1. The van der Waals surface area contributed by atoms with E-state index < -0.39 is 0 Å². The summed E-state index contributed by atoms with van der Waals surface area (Å²) in [5.41, 5.74) is 3.80. The molecule has 0 radical (unpaired) electrons.